The molecule has 0 aromatic heterocycles. The summed E-state index contributed by atoms with van der Waals surface area (Å²) in [6.07, 6.45) is 1.41. The van der Waals surface area contributed by atoms with Gasteiger partial charge in [0.25, 0.3) is 0 Å². The second kappa shape index (κ2) is 6.84. The molecule has 6 nitrogen and oxygen atoms in total. The van der Waals surface area contributed by atoms with E-state index in [1.165, 1.54) is 11.0 Å². The number of benzene rings is 1. The van der Waals surface area contributed by atoms with Gasteiger partial charge in [-0.2, -0.15) is 5.26 Å². The summed E-state index contributed by atoms with van der Waals surface area (Å²) in [6, 6.07) is 5.35. The third-order valence-electron chi connectivity index (χ3n) is 3.90. The van der Waals surface area contributed by atoms with Crippen molar-refractivity contribution in [2.24, 2.45) is 5.92 Å². The summed E-state index contributed by atoms with van der Waals surface area (Å²) in [5.74, 6) is -0.246. The number of fused-ring (bicyclic) bond motifs is 1. The summed E-state index contributed by atoms with van der Waals surface area (Å²) in [7, 11) is 3.62. The van der Waals surface area contributed by atoms with Crippen molar-refractivity contribution in [2.75, 3.05) is 30.9 Å². The summed E-state index contributed by atoms with van der Waals surface area (Å²) in [5, 5.41) is 22.7. The zero-order chi connectivity index (χ0) is 17.1. The van der Waals surface area contributed by atoms with E-state index in [1.54, 1.807) is 11.0 Å². The Kier molecular flexibility index (Phi) is 5.06. The van der Waals surface area contributed by atoms with Gasteiger partial charge in [-0.1, -0.05) is 6.92 Å². The fourth-order valence-corrected chi connectivity index (χ4v) is 2.62. The first-order chi connectivity index (χ1) is 10.8. The van der Waals surface area contributed by atoms with Gasteiger partial charge in [-0.15, -0.1) is 0 Å². The Morgan fingerprint density at radius 3 is 2.87 bits per heavy atom. The first-order valence-corrected chi connectivity index (χ1v) is 7.78. The highest BCUT2D eigenvalue weighted by Gasteiger charge is 2.28. The molecule has 0 radical (unpaired) electrons. The van der Waals surface area contributed by atoms with E-state index in [9.17, 15) is 9.90 Å². The molecule has 0 saturated heterocycles. The maximum absolute atomic E-state index is 12.4. The van der Waals surface area contributed by atoms with Crippen LogP contribution in [-0.4, -0.2) is 41.7 Å². The Morgan fingerprint density at radius 2 is 2.26 bits per heavy atom. The van der Waals surface area contributed by atoms with Gasteiger partial charge in [-0.25, -0.2) is 0 Å². The summed E-state index contributed by atoms with van der Waals surface area (Å²) >= 11 is 5.20. The van der Waals surface area contributed by atoms with Crippen molar-refractivity contribution in [3.05, 3.63) is 17.7 Å². The number of carbonyl (C=O) groups is 1. The van der Waals surface area contributed by atoms with Gasteiger partial charge >= 0.3 is 0 Å². The zero-order valence-electron chi connectivity index (χ0n) is 13.5. The quantitative estimate of drug-likeness (QED) is 0.490. The summed E-state index contributed by atoms with van der Waals surface area (Å²) < 4.78 is 0. The van der Waals surface area contributed by atoms with E-state index in [1.807, 2.05) is 27.1 Å². The average molecular weight is 332 g/mol. The van der Waals surface area contributed by atoms with Crippen LogP contribution >= 0.6 is 12.2 Å². The molecule has 1 aliphatic rings. The predicted octanol–water partition coefficient (Wildman–Crippen LogP) is 2.09. The van der Waals surface area contributed by atoms with Gasteiger partial charge in [0.1, 0.15) is 12.3 Å². The average Bonchev–Trinajstić information content (AvgIpc) is 2.61. The number of nitrogens with one attached hydrogen (secondary N) is 1. The molecule has 2 N–H and O–H groups in total. The molecule has 1 atom stereocenters. The van der Waals surface area contributed by atoms with Crippen molar-refractivity contribution in [3.63, 3.8) is 0 Å². The van der Waals surface area contributed by atoms with Crippen LogP contribution in [0.3, 0.4) is 0 Å². The molecule has 1 aromatic carbocycles. The SMILES string of the molecule is CC1CCc2cc(NC(=S)N(C)C)c(O)cc2N(CC#N)C1=O. The molecule has 0 saturated carbocycles. The van der Waals surface area contributed by atoms with Gasteiger partial charge in [0.05, 0.1) is 17.4 Å². The molecule has 7 heteroatoms. The molecule has 0 bridgehead atoms. The van der Waals surface area contributed by atoms with E-state index in [0.717, 1.165) is 5.56 Å². The molecule has 23 heavy (non-hydrogen) atoms. The summed E-state index contributed by atoms with van der Waals surface area (Å²) in [6.45, 7) is 1.83. The number of hydrogen-bond donors (Lipinski definition) is 2. The minimum Gasteiger partial charge on any atom is -0.506 e. The smallest absolute Gasteiger partial charge is 0.230 e. The molecular weight excluding hydrogens is 312 g/mol. The van der Waals surface area contributed by atoms with E-state index in [-0.39, 0.29) is 24.1 Å². The van der Waals surface area contributed by atoms with Crippen LogP contribution in [0.5, 0.6) is 5.75 Å². The molecule has 0 spiro atoms. The monoisotopic (exact) mass is 332 g/mol. The van der Waals surface area contributed by atoms with E-state index in [4.69, 9.17) is 17.5 Å². The highest BCUT2D eigenvalue weighted by molar-refractivity contribution is 7.80. The van der Waals surface area contributed by atoms with Crippen molar-refractivity contribution in [1.82, 2.24) is 4.90 Å². The van der Waals surface area contributed by atoms with Crippen molar-refractivity contribution < 1.29 is 9.90 Å². The maximum Gasteiger partial charge on any atom is 0.230 e. The lowest BCUT2D eigenvalue weighted by Crippen LogP contribution is -2.34. The van der Waals surface area contributed by atoms with Crippen molar-refractivity contribution in [2.45, 2.75) is 19.8 Å². The normalized spacial score (nSPS) is 17.0. The highest BCUT2D eigenvalue weighted by Crippen LogP contribution is 2.36. The Labute approximate surface area is 141 Å². The lowest BCUT2D eigenvalue weighted by Gasteiger charge is -2.23. The van der Waals surface area contributed by atoms with Gasteiger partial charge < -0.3 is 15.3 Å². The number of phenolic OH excluding ortho intramolecular Hbond substituents is 1. The van der Waals surface area contributed by atoms with Crippen LogP contribution in [0.2, 0.25) is 0 Å². The van der Waals surface area contributed by atoms with Gasteiger partial charge in [-0.3, -0.25) is 9.69 Å². The minimum atomic E-state index is -0.155. The van der Waals surface area contributed by atoms with Crippen molar-refractivity contribution in [3.8, 4) is 11.8 Å². The van der Waals surface area contributed by atoms with E-state index in [0.29, 0.717) is 29.3 Å². The molecule has 1 amide bonds. The van der Waals surface area contributed by atoms with Gasteiger partial charge in [0.15, 0.2) is 5.11 Å². The molecule has 0 fully saturated rings. The summed E-state index contributed by atoms with van der Waals surface area (Å²) in [4.78, 5) is 15.6. The number of thiocarbonyl (C=S) groups is 1. The number of phenols is 1. The minimum absolute atomic E-state index is 0.00163. The first kappa shape index (κ1) is 17.0. The van der Waals surface area contributed by atoms with Crippen LogP contribution in [-0.2, 0) is 11.2 Å². The Morgan fingerprint density at radius 1 is 1.57 bits per heavy atom. The molecule has 1 aliphatic heterocycles. The number of aromatic hydroxyl groups is 1. The molecule has 1 unspecified atom stereocenters. The second-order valence-corrected chi connectivity index (χ2v) is 6.23. The Balaban J connectivity index is 2.45. The molecular formula is C16H20N4O2S. The van der Waals surface area contributed by atoms with E-state index in [2.05, 4.69) is 5.32 Å². The Hall–Kier alpha value is -2.33. The highest BCUT2D eigenvalue weighted by atomic mass is 32.1. The molecule has 122 valence electrons. The third-order valence-corrected chi connectivity index (χ3v) is 4.37. The lowest BCUT2D eigenvalue weighted by molar-refractivity contribution is -0.121. The number of hydrogen-bond acceptors (Lipinski definition) is 4. The van der Waals surface area contributed by atoms with Crippen LogP contribution in [0, 0.1) is 17.2 Å². The number of nitrogens with zero attached hydrogens (tertiary/aromatic N) is 3. The maximum atomic E-state index is 12.4. The molecule has 0 aliphatic carbocycles. The van der Waals surface area contributed by atoms with Gasteiger partial charge in [-0.05, 0) is 36.7 Å². The van der Waals surface area contributed by atoms with Gasteiger partial charge in [0.2, 0.25) is 5.91 Å². The predicted molar refractivity (Wildman–Crippen MR) is 93.5 cm³/mol. The van der Waals surface area contributed by atoms with Crippen LogP contribution in [0.1, 0.15) is 18.9 Å². The Bertz CT molecular complexity index is 681. The number of anilines is 2. The zero-order valence-corrected chi connectivity index (χ0v) is 14.3. The molecule has 1 aromatic rings. The third kappa shape index (κ3) is 3.54. The number of amides is 1. The standard InChI is InChI=1S/C16H20N4O2S/c1-10-4-5-11-8-12(18-16(23)19(2)3)14(21)9-13(11)20(7-6-17)15(10)22/h8-10,21H,4-5,7H2,1-3H3,(H,18,23). The second-order valence-electron chi connectivity index (χ2n) is 5.84. The summed E-state index contributed by atoms with van der Waals surface area (Å²) in [5.41, 5.74) is 2.01. The van der Waals surface area contributed by atoms with Crippen LogP contribution < -0.4 is 10.2 Å². The number of carbonyl (C=O) groups excluding carboxylic acids is 1. The van der Waals surface area contributed by atoms with E-state index >= 15 is 0 Å². The van der Waals surface area contributed by atoms with Crippen LogP contribution in [0.15, 0.2) is 12.1 Å². The van der Waals surface area contributed by atoms with Crippen LogP contribution in [0.25, 0.3) is 0 Å². The van der Waals surface area contributed by atoms with E-state index < -0.39 is 0 Å². The number of rotatable bonds is 2. The molecule has 2 rings (SSSR count). The lowest BCUT2D eigenvalue weighted by atomic mass is 10.0. The largest absolute Gasteiger partial charge is 0.506 e. The fraction of sp³-hybridized carbons (Fsp3) is 0.438. The fourth-order valence-electron chi connectivity index (χ4n) is 2.51. The number of aryl methyl sites for hydroxylation is 1. The van der Waals surface area contributed by atoms with Crippen LogP contribution in [0.4, 0.5) is 11.4 Å². The molecule has 1 heterocycles. The number of nitriles is 1. The van der Waals surface area contributed by atoms with Crippen molar-refractivity contribution >= 4 is 34.6 Å². The topological polar surface area (TPSA) is 79.6 Å². The first-order valence-electron chi connectivity index (χ1n) is 7.37. The van der Waals surface area contributed by atoms with Crippen molar-refractivity contribution in [1.29, 1.82) is 5.26 Å². The van der Waals surface area contributed by atoms with Gasteiger partial charge in [0, 0.05) is 26.1 Å².